The number of amides is 1. The summed E-state index contributed by atoms with van der Waals surface area (Å²) in [4.78, 5) is 17.7. The second kappa shape index (κ2) is 7.97. The maximum Gasteiger partial charge on any atom is 0.250 e. The van der Waals surface area contributed by atoms with Gasteiger partial charge in [-0.2, -0.15) is 0 Å². The molecule has 0 aliphatic carbocycles. The van der Waals surface area contributed by atoms with Crippen LogP contribution in [0.1, 0.15) is 16.0 Å². The molecule has 132 valence electrons. The first-order valence-electron chi connectivity index (χ1n) is 8.23. The van der Waals surface area contributed by atoms with Gasteiger partial charge in [-0.3, -0.25) is 10.1 Å². The third-order valence-electron chi connectivity index (χ3n) is 3.89. The smallest absolute Gasteiger partial charge is 0.250 e. The predicted octanol–water partition coefficient (Wildman–Crippen LogP) is 5.09. The molecule has 26 heavy (non-hydrogen) atoms. The van der Waals surface area contributed by atoms with E-state index in [9.17, 15) is 4.79 Å². The summed E-state index contributed by atoms with van der Waals surface area (Å²) in [6.45, 7) is 4.03. The topological polar surface area (TPSA) is 51.2 Å². The van der Waals surface area contributed by atoms with Crippen molar-refractivity contribution < 1.29 is 9.53 Å². The summed E-state index contributed by atoms with van der Waals surface area (Å²) in [6, 6.07) is 15.7. The minimum atomic E-state index is -0.194. The minimum Gasteiger partial charge on any atom is -0.497 e. The van der Waals surface area contributed by atoms with E-state index in [0.29, 0.717) is 5.13 Å². The quantitative estimate of drug-likeness (QED) is 0.642. The van der Waals surface area contributed by atoms with E-state index in [1.165, 1.54) is 23.0 Å². The summed E-state index contributed by atoms with van der Waals surface area (Å²) >= 11 is 1.46. The van der Waals surface area contributed by atoms with Gasteiger partial charge in [0.15, 0.2) is 5.13 Å². The normalized spacial score (nSPS) is 10.9. The van der Waals surface area contributed by atoms with E-state index < -0.39 is 0 Å². The second-order valence-electron chi connectivity index (χ2n) is 5.89. The molecule has 0 radical (unpaired) electrons. The number of anilines is 1. The van der Waals surface area contributed by atoms with Gasteiger partial charge in [0.1, 0.15) is 5.75 Å². The van der Waals surface area contributed by atoms with Crippen LogP contribution in [0.2, 0.25) is 0 Å². The van der Waals surface area contributed by atoms with Gasteiger partial charge in [-0.25, -0.2) is 4.98 Å². The lowest BCUT2D eigenvalue weighted by Crippen LogP contribution is -2.07. The molecule has 0 unspecified atom stereocenters. The first kappa shape index (κ1) is 17.9. The molecule has 3 aromatic rings. The maximum atomic E-state index is 12.1. The Morgan fingerprint density at radius 3 is 2.42 bits per heavy atom. The second-order valence-corrected chi connectivity index (χ2v) is 7.09. The van der Waals surface area contributed by atoms with Crippen molar-refractivity contribution in [2.45, 2.75) is 13.8 Å². The largest absolute Gasteiger partial charge is 0.497 e. The Hall–Kier alpha value is -2.92. The van der Waals surface area contributed by atoms with E-state index in [2.05, 4.69) is 10.3 Å². The zero-order valence-corrected chi connectivity index (χ0v) is 15.8. The number of aromatic nitrogens is 1. The van der Waals surface area contributed by atoms with Crippen molar-refractivity contribution in [3.63, 3.8) is 0 Å². The van der Waals surface area contributed by atoms with Gasteiger partial charge in [0.05, 0.1) is 12.8 Å². The molecule has 3 rings (SSSR count). The SMILES string of the molecule is COc1ccc(-c2nc(NC(=O)/C=C/c3ccc(C)cc3)sc2C)cc1. The molecule has 0 saturated carbocycles. The molecular formula is C21H20N2O2S. The van der Waals surface area contributed by atoms with Crippen LogP contribution in [0.3, 0.4) is 0 Å². The first-order valence-corrected chi connectivity index (χ1v) is 9.04. The van der Waals surface area contributed by atoms with Crippen LogP contribution in [0.4, 0.5) is 5.13 Å². The molecule has 1 heterocycles. The third-order valence-corrected chi connectivity index (χ3v) is 4.78. The minimum absolute atomic E-state index is 0.194. The van der Waals surface area contributed by atoms with E-state index in [1.54, 1.807) is 13.2 Å². The molecule has 0 bridgehead atoms. The van der Waals surface area contributed by atoms with Crippen molar-refractivity contribution in [1.29, 1.82) is 0 Å². The average Bonchev–Trinajstić information content (AvgIpc) is 3.01. The highest BCUT2D eigenvalue weighted by Gasteiger charge is 2.11. The van der Waals surface area contributed by atoms with E-state index in [1.807, 2.05) is 62.4 Å². The van der Waals surface area contributed by atoms with Gasteiger partial charge in [-0.15, -0.1) is 11.3 Å². The van der Waals surface area contributed by atoms with Crippen molar-refractivity contribution >= 4 is 28.5 Å². The summed E-state index contributed by atoms with van der Waals surface area (Å²) in [7, 11) is 1.64. The van der Waals surface area contributed by atoms with Gasteiger partial charge < -0.3 is 4.74 Å². The average molecular weight is 364 g/mol. The Balaban J connectivity index is 1.70. The van der Waals surface area contributed by atoms with Gasteiger partial charge in [-0.05, 0) is 49.8 Å². The Bertz CT molecular complexity index is 926. The number of carbonyl (C=O) groups is 1. The molecule has 1 N–H and O–H groups in total. The molecule has 5 heteroatoms. The number of nitrogens with zero attached hydrogens (tertiary/aromatic N) is 1. The zero-order valence-electron chi connectivity index (χ0n) is 14.9. The predicted molar refractivity (Wildman–Crippen MR) is 108 cm³/mol. The number of aryl methyl sites for hydroxylation is 2. The number of thiazole rings is 1. The molecule has 0 fully saturated rings. The third kappa shape index (κ3) is 4.37. The molecule has 0 aliphatic heterocycles. The summed E-state index contributed by atoms with van der Waals surface area (Å²) in [5, 5.41) is 3.42. The van der Waals surface area contributed by atoms with Crippen LogP contribution in [0.15, 0.2) is 54.6 Å². The van der Waals surface area contributed by atoms with Gasteiger partial charge in [0.2, 0.25) is 5.91 Å². The molecule has 2 aromatic carbocycles. The summed E-state index contributed by atoms with van der Waals surface area (Å²) in [5.41, 5.74) is 4.04. The highest BCUT2D eigenvalue weighted by atomic mass is 32.1. The summed E-state index contributed by atoms with van der Waals surface area (Å²) in [5.74, 6) is 0.608. The van der Waals surface area contributed by atoms with Crippen LogP contribution in [-0.2, 0) is 4.79 Å². The van der Waals surface area contributed by atoms with Crippen molar-refractivity contribution in [1.82, 2.24) is 4.98 Å². The molecule has 0 aliphatic rings. The lowest BCUT2D eigenvalue weighted by atomic mass is 10.1. The van der Waals surface area contributed by atoms with E-state index in [0.717, 1.165) is 27.4 Å². The lowest BCUT2D eigenvalue weighted by Gasteiger charge is -2.01. The van der Waals surface area contributed by atoms with Crippen LogP contribution >= 0.6 is 11.3 Å². The summed E-state index contributed by atoms with van der Waals surface area (Å²) in [6.07, 6.45) is 3.31. The number of hydrogen-bond acceptors (Lipinski definition) is 4. The molecule has 1 aromatic heterocycles. The van der Waals surface area contributed by atoms with Crippen LogP contribution in [0.5, 0.6) is 5.75 Å². The Labute approximate surface area is 157 Å². The van der Waals surface area contributed by atoms with Crippen molar-refractivity contribution in [3.05, 3.63) is 70.6 Å². The fraction of sp³-hybridized carbons (Fsp3) is 0.143. The van der Waals surface area contributed by atoms with E-state index in [4.69, 9.17) is 4.74 Å². The molecule has 0 spiro atoms. The van der Waals surface area contributed by atoms with Crippen molar-refractivity contribution in [2.24, 2.45) is 0 Å². The highest BCUT2D eigenvalue weighted by Crippen LogP contribution is 2.31. The standard InChI is InChI=1S/C21H20N2O2S/c1-14-4-6-16(7-5-14)8-13-19(24)22-21-23-20(15(2)26-21)17-9-11-18(25-3)12-10-17/h4-13H,1-3H3,(H,22,23,24)/b13-8+. The molecular weight excluding hydrogens is 344 g/mol. The molecule has 0 atom stereocenters. The highest BCUT2D eigenvalue weighted by molar-refractivity contribution is 7.16. The van der Waals surface area contributed by atoms with E-state index >= 15 is 0 Å². The molecule has 1 amide bonds. The molecule has 0 saturated heterocycles. The van der Waals surface area contributed by atoms with Crippen LogP contribution in [-0.4, -0.2) is 18.0 Å². The van der Waals surface area contributed by atoms with E-state index in [-0.39, 0.29) is 5.91 Å². The Morgan fingerprint density at radius 1 is 1.08 bits per heavy atom. The Kier molecular flexibility index (Phi) is 5.49. The lowest BCUT2D eigenvalue weighted by molar-refractivity contribution is -0.111. The number of hydrogen-bond donors (Lipinski definition) is 1. The first-order chi connectivity index (χ1) is 12.5. The number of nitrogens with one attached hydrogen (secondary N) is 1. The van der Waals surface area contributed by atoms with Crippen LogP contribution in [0, 0.1) is 13.8 Å². The maximum absolute atomic E-state index is 12.1. The fourth-order valence-electron chi connectivity index (χ4n) is 2.46. The van der Waals surface area contributed by atoms with Crippen molar-refractivity contribution in [2.75, 3.05) is 12.4 Å². The monoisotopic (exact) mass is 364 g/mol. The van der Waals surface area contributed by atoms with Crippen LogP contribution < -0.4 is 10.1 Å². The number of carbonyl (C=O) groups excluding carboxylic acids is 1. The Morgan fingerprint density at radius 2 is 1.77 bits per heavy atom. The number of benzene rings is 2. The van der Waals surface area contributed by atoms with Crippen LogP contribution in [0.25, 0.3) is 17.3 Å². The number of ether oxygens (including phenoxy) is 1. The van der Waals surface area contributed by atoms with Gasteiger partial charge >= 0.3 is 0 Å². The zero-order chi connectivity index (χ0) is 18.5. The van der Waals surface area contributed by atoms with Gasteiger partial charge in [0, 0.05) is 16.5 Å². The summed E-state index contributed by atoms with van der Waals surface area (Å²) < 4.78 is 5.18. The van der Waals surface area contributed by atoms with Gasteiger partial charge in [-0.1, -0.05) is 29.8 Å². The fourth-order valence-corrected chi connectivity index (χ4v) is 3.30. The van der Waals surface area contributed by atoms with Gasteiger partial charge in [0.25, 0.3) is 0 Å². The molecule has 4 nitrogen and oxygen atoms in total. The number of methoxy groups -OCH3 is 1. The van der Waals surface area contributed by atoms with Crippen molar-refractivity contribution in [3.8, 4) is 17.0 Å². The number of rotatable bonds is 5.